The molecule has 0 atom stereocenters. The van der Waals surface area contributed by atoms with Gasteiger partial charge in [0.25, 0.3) is 0 Å². The standard InChI is InChI=1S/C12H17NOS/c1-2-13-7-10-5-3-4-6-12(10)15-11-8-14-9-11/h3-6,11,13H,2,7-9H2,1H3. The lowest BCUT2D eigenvalue weighted by Crippen LogP contribution is -2.30. The van der Waals surface area contributed by atoms with E-state index in [4.69, 9.17) is 4.74 Å². The molecule has 0 spiro atoms. The van der Waals surface area contributed by atoms with Gasteiger partial charge in [-0.2, -0.15) is 0 Å². The fraction of sp³-hybridized carbons (Fsp3) is 0.500. The quantitative estimate of drug-likeness (QED) is 0.827. The Hall–Kier alpha value is -0.510. The second-order valence-electron chi connectivity index (χ2n) is 3.67. The van der Waals surface area contributed by atoms with E-state index in [9.17, 15) is 0 Å². The van der Waals surface area contributed by atoms with E-state index < -0.39 is 0 Å². The van der Waals surface area contributed by atoms with Gasteiger partial charge in [0.05, 0.1) is 18.5 Å². The molecule has 0 saturated carbocycles. The molecule has 0 aromatic heterocycles. The third-order valence-corrected chi connectivity index (χ3v) is 3.70. The summed E-state index contributed by atoms with van der Waals surface area (Å²) in [6.07, 6.45) is 0. The average Bonchev–Trinajstić information content (AvgIpc) is 2.22. The minimum Gasteiger partial charge on any atom is -0.379 e. The average molecular weight is 223 g/mol. The van der Waals surface area contributed by atoms with Crippen LogP contribution in [0.1, 0.15) is 12.5 Å². The molecular formula is C12H17NOS. The van der Waals surface area contributed by atoms with Gasteiger partial charge in [-0.25, -0.2) is 0 Å². The molecule has 0 unspecified atom stereocenters. The molecule has 0 aliphatic carbocycles. The highest BCUT2D eigenvalue weighted by molar-refractivity contribution is 8.00. The molecule has 0 radical (unpaired) electrons. The predicted octanol–water partition coefficient (Wildman–Crippen LogP) is 2.29. The molecule has 15 heavy (non-hydrogen) atoms. The first-order valence-electron chi connectivity index (χ1n) is 5.43. The van der Waals surface area contributed by atoms with Gasteiger partial charge < -0.3 is 10.1 Å². The summed E-state index contributed by atoms with van der Waals surface area (Å²) in [5.41, 5.74) is 1.40. The Morgan fingerprint density at radius 1 is 1.40 bits per heavy atom. The molecule has 1 fully saturated rings. The van der Waals surface area contributed by atoms with Crippen molar-refractivity contribution in [3.8, 4) is 0 Å². The minimum atomic E-state index is 0.660. The largest absolute Gasteiger partial charge is 0.379 e. The maximum Gasteiger partial charge on any atom is 0.0611 e. The van der Waals surface area contributed by atoms with Gasteiger partial charge >= 0.3 is 0 Å². The maximum atomic E-state index is 5.19. The van der Waals surface area contributed by atoms with Crippen molar-refractivity contribution < 1.29 is 4.74 Å². The molecule has 3 heteroatoms. The molecule has 1 saturated heterocycles. The van der Waals surface area contributed by atoms with Crippen LogP contribution >= 0.6 is 11.8 Å². The maximum absolute atomic E-state index is 5.19. The van der Waals surface area contributed by atoms with Crippen LogP contribution in [0.15, 0.2) is 29.2 Å². The summed E-state index contributed by atoms with van der Waals surface area (Å²) in [5.74, 6) is 0. The fourth-order valence-electron chi connectivity index (χ4n) is 1.49. The van der Waals surface area contributed by atoms with Crippen molar-refractivity contribution in [2.75, 3.05) is 19.8 Å². The van der Waals surface area contributed by atoms with Crippen molar-refractivity contribution >= 4 is 11.8 Å². The Morgan fingerprint density at radius 2 is 2.20 bits per heavy atom. The molecule has 1 aromatic rings. The number of rotatable bonds is 5. The molecule has 1 aliphatic rings. The second kappa shape index (κ2) is 5.54. The topological polar surface area (TPSA) is 21.3 Å². The van der Waals surface area contributed by atoms with Gasteiger partial charge in [0, 0.05) is 11.4 Å². The van der Waals surface area contributed by atoms with Gasteiger partial charge in [-0.15, -0.1) is 11.8 Å². The first kappa shape index (κ1) is 11.0. The summed E-state index contributed by atoms with van der Waals surface area (Å²) >= 11 is 1.94. The van der Waals surface area contributed by atoms with E-state index in [1.165, 1.54) is 10.5 Å². The first-order chi connectivity index (χ1) is 7.40. The van der Waals surface area contributed by atoms with Crippen molar-refractivity contribution in [3.05, 3.63) is 29.8 Å². The Morgan fingerprint density at radius 3 is 2.87 bits per heavy atom. The van der Waals surface area contributed by atoms with Gasteiger partial charge in [0.15, 0.2) is 0 Å². The van der Waals surface area contributed by atoms with Crippen molar-refractivity contribution in [1.82, 2.24) is 5.32 Å². The lowest BCUT2D eigenvalue weighted by Gasteiger charge is -2.26. The summed E-state index contributed by atoms with van der Waals surface area (Å²) in [7, 11) is 0. The molecule has 1 aromatic carbocycles. The highest BCUT2D eigenvalue weighted by Gasteiger charge is 2.20. The van der Waals surface area contributed by atoms with Crippen molar-refractivity contribution in [2.24, 2.45) is 0 Å². The monoisotopic (exact) mass is 223 g/mol. The summed E-state index contributed by atoms with van der Waals surface area (Å²) in [5, 5.41) is 4.03. The lowest BCUT2D eigenvalue weighted by molar-refractivity contribution is 0.0455. The first-order valence-corrected chi connectivity index (χ1v) is 6.31. The van der Waals surface area contributed by atoms with Crippen LogP contribution in [-0.4, -0.2) is 25.0 Å². The predicted molar refractivity (Wildman–Crippen MR) is 64.3 cm³/mol. The highest BCUT2D eigenvalue weighted by Crippen LogP contribution is 2.30. The number of benzene rings is 1. The zero-order valence-electron chi connectivity index (χ0n) is 9.03. The van der Waals surface area contributed by atoms with Gasteiger partial charge in [-0.05, 0) is 18.2 Å². The van der Waals surface area contributed by atoms with Crippen LogP contribution in [0.5, 0.6) is 0 Å². The molecular weight excluding hydrogens is 206 g/mol. The minimum absolute atomic E-state index is 0.660. The lowest BCUT2D eigenvalue weighted by atomic mass is 10.2. The summed E-state index contributed by atoms with van der Waals surface area (Å²) in [4.78, 5) is 1.40. The number of hydrogen-bond acceptors (Lipinski definition) is 3. The molecule has 1 N–H and O–H groups in total. The third-order valence-electron chi connectivity index (χ3n) is 2.44. The summed E-state index contributed by atoms with van der Waals surface area (Å²) in [6, 6.07) is 8.62. The Labute approximate surface area is 95.4 Å². The Kier molecular flexibility index (Phi) is 4.06. The third kappa shape index (κ3) is 2.97. The number of nitrogens with one attached hydrogen (secondary N) is 1. The molecule has 2 rings (SSSR count). The molecule has 1 heterocycles. The van der Waals surface area contributed by atoms with Crippen molar-refractivity contribution in [1.29, 1.82) is 0 Å². The number of ether oxygens (including phenoxy) is 1. The van der Waals surface area contributed by atoms with Crippen LogP contribution in [0.2, 0.25) is 0 Å². The van der Waals surface area contributed by atoms with Crippen LogP contribution in [0.25, 0.3) is 0 Å². The Bertz CT molecular complexity index is 312. The zero-order chi connectivity index (χ0) is 10.5. The van der Waals surface area contributed by atoms with Gasteiger partial charge in [-0.1, -0.05) is 25.1 Å². The van der Waals surface area contributed by atoms with E-state index in [1.54, 1.807) is 0 Å². The van der Waals surface area contributed by atoms with E-state index in [1.807, 2.05) is 11.8 Å². The van der Waals surface area contributed by atoms with E-state index in [0.717, 1.165) is 26.3 Å². The molecule has 82 valence electrons. The van der Waals surface area contributed by atoms with Crippen LogP contribution in [0.4, 0.5) is 0 Å². The molecule has 2 nitrogen and oxygen atoms in total. The smallest absolute Gasteiger partial charge is 0.0611 e. The van der Waals surface area contributed by atoms with Gasteiger partial charge in [0.1, 0.15) is 0 Å². The fourth-order valence-corrected chi connectivity index (χ4v) is 2.62. The van der Waals surface area contributed by atoms with Crippen LogP contribution < -0.4 is 5.32 Å². The Balaban J connectivity index is 1.99. The second-order valence-corrected chi connectivity index (χ2v) is 5.01. The molecule has 1 aliphatic heterocycles. The van der Waals surface area contributed by atoms with Gasteiger partial charge in [-0.3, -0.25) is 0 Å². The zero-order valence-corrected chi connectivity index (χ0v) is 9.85. The van der Waals surface area contributed by atoms with E-state index in [-0.39, 0.29) is 0 Å². The van der Waals surface area contributed by atoms with Crippen LogP contribution in [0.3, 0.4) is 0 Å². The van der Waals surface area contributed by atoms with Crippen LogP contribution in [0, 0.1) is 0 Å². The van der Waals surface area contributed by atoms with Crippen molar-refractivity contribution in [3.63, 3.8) is 0 Å². The molecule has 0 bridgehead atoms. The van der Waals surface area contributed by atoms with E-state index >= 15 is 0 Å². The van der Waals surface area contributed by atoms with Gasteiger partial charge in [0.2, 0.25) is 0 Å². The molecule has 0 amide bonds. The SMILES string of the molecule is CCNCc1ccccc1SC1COC1. The van der Waals surface area contributed by atoms with Crippen LogP contribution in [-0.2, 0) is 11.3 Å². The summed E-state index contributed by atoms with van der Waals surface area (Å²) in [6.45, 7) is 5.93. The normalized spacial score (nSPS) is 16.3. The highest BCUT2D eigenvalue weighted by atomic mass is 32.2. The van der Waals surface area contributed by atoms with E-state index in [0.29, 0.717) is 5.25 Å². The van der Waals surface area contributed by atoms with Crippen molar-refractivity contribution in [2.45, 2.75) is 23.6 Å². The van der Waals surface area contributed by atoms with E-state index in [2.05, 4.69) is 36.5 Å². The number of hydrogen-bond donors (Lipinski definition) is 1. The summed E-state index contributed by atoms with van der Waals surface area (Å²) < 4.78 is 5.19. The number of thioether (sulfide) groups is 1.